The molecule has 0 radical (unpaired) electrons. The fourth-order valence-corrected chi connectivity index (χ4v) is 1.78. The monoisotopic (exact) mass is 263 g/mol. The number of hydrogen-bond acceptors (Lipinski definition) is 3. The molecule has 0 spiro atoms. The van der Waals surface area contributed by atoms with Gasteiger partial charge in [-0.25, -0.2) is 0 Å². The van der Waals surface area contributed by atoms with E-state index in [1.165, 1.54) is 0 Å². The molecule has 0 saturated heterocycles. The van der Waals surface area contributed by atoms with Gasteiger partial charge >= 0.3 is 0 Å². The highest BCUT2D eigenvalue weighted by Crippen LogP contribution is 2.32. The molecular weight excluding hydrogens is 250 g/mol. The van der Waals surface area contributed by atoms with Gasteiger partial charge in [-0.1, -0.05) is 17.7 Å². The summed E-state index contributed by atoms with van der Waals surface area (Å²) in [5.74, 6) is 1.22. The molecule has 2 aromatic rings. The van der Waals surface area contributed by atoms with Gasteiger partial charge in [0.1, 0.15) is 11.5 Å². The zero-order chi connectivity index (χ0) is 13.1. The number of aliphatic hydroxyl groups excluding tert-OH is 1. The van der Waals surface area contributed by atoms with Crippen molar-refractivity contribution in [1.82, 2.24) is 4.98 Å². The van der Waals surface area contributed by atoms with Crippen molar-refractivity contribution in [2.75, 3.05) is 0 Å². The Bertz CT molecular complexity index is 555. The van der Waals surface area contributed by atoms with Gasteiger partial charge < -0.3 is 9.84 Å². The van der Waals surface area contributed by atoms with Gasteiger partial charge in [0.15, 0.2) is 0 Å². The molecule has 0 aliphatic carbocycles. The van der Waals surface area contributed by atoms with E-state index < -0.39 is 6.10 Å². The maximum Gasteiger partial charge on any atom is 0.148 e. The molecule has 94 valence electrons. The van der Waals surface area contributed by atoms with Gasteiger partial charge in [-0.2, -0.15) is 0 Å². The van der Waals surface area contributed by atoms with E-state index in [-0.39, 0.29) is 0 Å². The van der Waals surface area contributed by atoms with E-state index in [2.05, 4.69) is 4.98 Å². The summed E-state index contributed by atoms with van der Waals surface area (Å²) in [6, 6.07) is 8.88. The molecule has 1 N–H and O–H groups in total. The van der Waals surface area contributed by atoms with Crippen molar-refractivity contribution in [2.45, 2.75) is 20.0 Å². The molecule has 0 fully saturated rings. The van der Waals surface area contributed by atoms with E-state index in [4.69, 9.17) is 16.3 Å². The minimum Gasteiger partial charge on any atom is -0.454 e. The fraction of sp³-hybridized carbons (Fsp3) is 0.214. The second-order valence-electron chi connectivity index (χ2n) is 4.05. The summed E-state index contributed by atoms with van der Waals surface area (Å²) in [4.78, 5) is 4.14. The normalized spacial score (nSPS) is 12.2. The lowest BCUT2D eigenvalue weighted by Crippen LogP contribution is -1.93. The van der Waals surface area contributed by atoms with E-state index in [1.807, 2.05) is 13.0 Å². The van der Waals surface area contributed by atoms with Crippen LogP contribution in [0.2, 0.25) is 5.02 Å². The Labute approximate surface area is 111 Å². The zero-order valence-electron chi connectivity index (χ0n) is 10.2. The van der Waals surface area contributed by atoms with Crippen molar-refractivity contribution < 1.29 is 9.84 Å². The summed E-state index contributed by atoms with van der Waals surface area (Å²) in [5, 5.41) is 9.93. The van der Waals surface area contributed by atoms with Gasteiger partial charge in [0, 0.05) is 6.20 Å². The molecule has 0 bridgehead atoms. The lowest BCUT2D eigenvalue weighted by atomic mass is 10.1. The van der Waals surface area contributed by atoms with Crippen molar-refractivity contribution in [3.63, 3.8) is 0 Å². The Balaban J connectivity index is 2.28. The molecule has 1 aromatic heterocycles. The number of halogens is 1. The summed E-state index contributed by atoms with van der Waals surface area (Å²) in [6.07, 6.45) is 1.16. The van der Waals surface area contributed by atoms with E-state index in [0.29, 0.717) is 16.5 Å². The van der Waals surface area contributed by atoms with Crippen LogP contribution in [0.15, 0.2) is 36.5 Å². The predicted molar refractivity (Wildman–Crippen MR) is 71.1 cm³/mol. The predicted octanol–water partition coefficient (Wildman–Crippen LogP) is 3.89. The number of ether oxygens (including phenoxy) is 1. The molecule has 1 heterocycles. The highest BCUT2D eigenvalue weighted by Gasteiger charge is 2.08. The van der Waals surface area contributed by atoms with Crippen LogP contribution in [-0.4, -0.2) is 10.1 Å². The number of aliphatic hydroxyl groups is 1. The molecule has 4 heteroatoms. The van der Waals surface area contributed by atoms with E-state index >= 15 is 0 Å². The number of hydrogen-bond donors (Lipinski definition) is 1. The van der Waals surface area contributed by atoms with Crippen molar-refractivity contribution in [3.05, 3.63) is 52.8 Å². The Hall–Kier alpha value is -1.58. The minimum atomic E-state index is -0.545. The lowest BCUT2D eigenvalue weighted by molar-refractivity contribution is 0.199. The third-order valence-electron chi connectivity index (χ3n) is 2.62. The van der Waals surface area contributed by atoms with Crippen LogP contribution in [0.4, 0.5) is 0 Å². The molecule has 2 rings (SSSR count). The van der Waals surface area contributed by atoms with Crippen LogP contribution in [0.1, 0.15) is 24.3 Å². The van der Waals surface area contributed by atoms with Gasteiger partial charge in [0.2, 0.25) is 0 Å². The largest absolute Gasteiger partial charge is 0.454 e. The fourth-order valence-electron chi connectivity index (χ4n) is 1.56. The second kappa shape index (κ2) is 5.38. The zero-order valence-corrected chi connectivity index (χ0v) is 11.0. The topological polar surface area (TPSA) is 42.4 Å². The Kier molecular flexibility index (Phi) is 3.84. The summed E-state index contributed by atoms with van der Waals surface area (Å²) in [5.41, 5.74) is 1.56. The first-order chi connectivity index (χ1) is 8.58. The van der Waals surface area contributed by atoms with Gasteiger partial charge in [0.05, 0.1) is 16.8 Å². The number of rotatable bonds is 3. The summed E-state index contributed by atoms with van der Waals surface area (Å²) < 4.78 is 5.70. The first-order valence-electron chi connectivity index (χ1n) is 5.65. The quantitative estimate of drug-likeness (QED) is 0.914. The van der Waals surface area contributed by atoms with Crippen molar-refractivity contribution in [3.8, 4) is 11.5 Å². The Morgan fingerprint density at radius 3 is 2.67 bits per heavy atom. The average molecular weight is 264 g/mol. The van der Waals surface area contributed by atoms with Crippen LogP contribution in [0.3, 0.4) is 0 Å². The molecule has 1 unspecified atom stereocenters. The molecule has 1 atom stereocenters. The molecule has 0 aliphatic rings. The molecule has 0 saturated carbocycles. The summed E-state index contributed by atoms with van der Waals surface area (Å²) >= 11 is 6.12. The van der Waals surface area contributed by atoms with Crippen molar-refractivity contribution in [1.29, 1.82) is 0 Å². The van der Waals surface area contributed by atoms with E-state index in [9.17, 15) is 5.11 Å². The van der Waals surface area contributed by atoms with Crippen molar-refractivity contribution >= 4 is 11.6 Å². The number of aromatic nitrogens is 1. The van der Waals surface area contributed by atoms with Crippen LogP contribution >= 0.6 is 11.6 Å². The third kappa shape index (κ3) is 2.81. The SMILES string of the molecule is Cc1ncccc1Oc1ccc(C(C)O)cc1Cl. The molecule has 0 aliphatic heterocycles. The minimum absolute atomic E-state index is 0.469. The van der Waals surface area contributed by atoms with E-state index in [0.717, 1.165) is 11.3 Å². The molecule has 18 heavy (non-hydrogen) atoms. The summed E-state index contributed by atoms with van der Waals surface area (Å²) in [6.45, 7) is 3.56. The number of nitrogens with zero attached hydrogens (tertiary/aromatic N) is 1. The smallest absolute Gasteiger partial charge is 0.148 e. The first kappa shape index (κ1) is 12.9. The van der Waals surface area contributed by atoms with Gasteiger partial charge in [0.25, 0.3) is 0 Å². The summed E-state index contributed by atoms with van der Waals surface area (Å²) in [7, 11) is 0. The van der Waals surface area contributed by atoms with Crippen LogP contribution < -0.4 is 4.74 Å². The third-order valence-corrected chi connectivity index (χ3v) is 2.91. The van der Waals surface area contributed by atoms with Crippen LogP contribution in [0.25, 0.3) is 0 Å². The lowest BCUT2D eigenvalue weighted by Gasteiger charge is -2.11. The van der Waals surface area contributed by atoms with Gasteiger partial charge in [-0.05, 0) is 43.7 Å². The Morgan fingerprint density at radius 2 is 2.06 bits per heavy atom. The van der Waals surface area contributed by atoms with Gasteiger partial charge in [-0.3, -0.25) is 4.98 Å². The number of aryl methyl sites for hydroxylation is 1. The molecular formula is C14H14ClNO2. The maximum absolute atomic E-state index is 9.46. The van der Waals surface area contributed by atoms with Crippen LogP contribution in [0.5, 0.6) is 11.5 Å². The molecule has 0 amide bonds. The molecule has 3 nitrogen and oxygen atoms in total. The first-order valence-corrected chi connectivity index (χ1v) is 6.02. The van der Waals surface area contributed by atoms with Crippen molar-refractivity contribution in [2.24, 2.45) is 0 Å². The second-order valence-corrected chi connectivity index (χ2v) is 4.46. The van der Waals surface area contributed by atoms with E-state index in [1.54, 1.807) is 37.4 Å². The highest BCUT2D eigenvalue weighted by molar-refractivity contribution is 6.32. The van der Waals surface area contributed by atoms with Crippen LogP contribution in [-0.2, 0) is 0 Å². The van der Waals surface area contributed by atoms with Gasteiger partial charge in [-0.15, -0.1) is 0 Å². The Morgan fingerprint density at radius 1 is 1.28 bits per heavy atom. The maximum atomic E-state index is 9.46. The molecule has 1 aromatic carbocycles. The number of benzene rings is 1. The standard InChI is InChI=1S/C14H14ClNO2/c1-9-13(4-3-7-16-9)18-14-6-5-11(10(2)17)8-12(14)15/h3-8,10,17H,1-2H3. The number of pyridine rings is 1. The highest BCUT2D eigenvalue weighted by atomic mass is 35.5. The average Bonchev–Trinajstić information content (AvgIpc) is 2.34. The van der Waals surface area contributed by atoms with Crippen LogP contribution in [0, 0.1) is 6.92 Å².